The number of H-pyrrole nitrogens is 1. The van der Waals surface area contributed by atoms with Crippen molar-refractivity contribution in [2.24, 2.45) is 4.99 Å². The van der Waals surface area contributed by atoms with Gasteiger partial charge in [0.2, 0.25) is 10.0 Å². The molecular weight excluding hydrogens is 539 g/mol. The van der Waals surface area contributed by atoms with Crippen molar-refractivity contribution in [3.63, 3.8) is 0 Å². The Bertz CT molecular complexity index is 1130. The highest BCUT2D eigenvalue weighted by Crippen LogP contribution is 2.16. The van der Waals surface area contributed by atoms with Crippen molar-refractivity contribution < 1.29 is 8.42 Å². The van der Waals surface area contributed by atoms with Crippen LogP contribution in [0.2, 0.25) is 0 Å². The van der Waals surface area contributed by atoms with Gasteiger partial charge >= 0.3 is 0 Å². The lowest BCUT2D eigenvalue weighted by Gasteiger charge is -2.21. The van der Waals surface area contributed by atoms with Crippen LogP contribution in [0.3, 0.4) is 0 Å². The normalized spacial score (nSPS) is 11.7. The second-order valence-corrected chi connectivity index (χ2v) is 9.08. The number of aromatic nitrogens is 2. The van der Waals surface area contributed by atoms with Crippen LogP contribution in [0.1, 0.15) is 17.0 Å². The summed E-state index contributed by atoms with van der Waals surface area (Å²) in [5.41, 5.74) is 3.77. The number of hydrogen-bond acceptors (Lipinski definition) is 4. The molecule has 0 saturated heterocycles. The van der Waals surface area contributed by atoms with Crippen LogP contribution >= 0.6 is 24.0 Å². The number of nitrogens with one attached hydrogen (secondary N) is 3. The third-order valence-corrected chi connectivity index (χ3v) is 6.12. The van der Waals surface area contributed by atoms with E-state index in [9.17, 15) is 8.42 Å². The maximum atomic E-state index is 11.8. The molecule has 2 aromatic carbocycles. The van der Waals surface area contributed by atoms with Crippen molar-refractivity contribution in [3.8, 4) is 11.3 Å². The van der Waals surface area contributed by atoms with Crippen molar-refractivity contribution in [3.05, 3.63) is 77.7 Å². The van der Waals surface area contributed by atoms with Crippen LogP contribution < -0.4 is 10.0 Å². The maximum Gasteiger partial charge on any atom is 0.215 e. The molecule has 0 bridgehead atoms. The molecule has 0 atom stereocenters. The van der Waals surface area contributed by atoms with Gasteiger partial charge in [-0.15, -0.1) is 24.0 Å². The first kappa shape index (κ1) is 25.8. The van der Waals surface area contributed by atoms with E-state index in [1.165, 1.54) is 7.05 Å². The minimum Gasteiger partial charge on any atom is -0.352 e. The highest BCUT2D eigenvalue weighted by atomic mass is 127. The zero-order valence-electron chi connectivity index (χ0n) is 18.4. The lowest BCUT2D eigenvalue weighted by atomic mass is 10.1. The number of sulfonamides is 1. The van der Waals surface area contributed by atoms with E-state index in [-0.39, 0.29) is 29.7 Å². The minimum atomic E-state index is -3.30. The number of imidazole rings is 1. The van der Waals surface area contributed by atoms with E-state index in [1.54, 1.807) is 13.1 Å². The summed E-state index contributed by atoms with van der Waals surface area (Å²) < 4.78 is 25.9. The zero-order valence-corrected chi connectivity index (χ0v) is 21.5. The topological polar surface area (TPSA) is 102 Å². The summed E-state index contributed by atoms with van der Waals surface area (Å²) in [4.78, 5) is 14.1. The lowest BCUT2D eigenvalue weighted by molar-refractivity contribution is 0.464. The molecule has 0 aliphatic heterocycles. The van der Waals surface area contributed by atoms with Crippen molar-refractivity contribution in [1.29, 1.82) is 0 Å². The number of benzene rings is 2. The average Bonchev–Trinajstić information content (AvgIpc) is 3.23. The number of aliphatic imine (C=N–C) groups is 1. The molecule has 0 amide bonds. The monoisotopic (exact) mass is 568 g/mol. The molecule has 1 heterocycles. The largest absolute Gasteiger partial charge is 0.352 e. The molecule has 10 heteroatoms. The second-order valence-electron chi connectivity index (χ2n) is 7.15. The molecule has 0 saturated carbocycles. The van der Waals surface area contributed by atoms with Crippen molar-refractivity contribution >= 4 is 40.0 Å². The van der Waals surface area contributed by atoms with Crippen LogP contribution in [0.4, 0.5) is 0 Å². The summed E-state index contributed by atoms with van der Waals surface area (Å²) in [5.74, 6) is 1.50. The molecule has 0 radical (unpaired) electrons. The van der Waals surface area contributed by atoms with E-state index in [4.69, 9.17) is 0 Å². The maximum absolute atomic E-state index is 11.8. The Morgan fingerprint density at radius 3 is 2.53 bits per heavy atom. The molecule has 8 nitrogen and oxygen atoms in total. The van der Waals surface area contributed by atoms with Gasteiger partial charge in [-0.1, -0.05) is 54.6 Å². The molecule has 32 heavy (non-hydrogen) atoms. The molecule has 3 aromatic rings. The molecule has 0 aliphatic rings. The Hall–Kier alpha value is -2.44. The highest BCUT2D eigenvalue weighted by molar-refractivity contribution is 14.0. The minimum absolute atomic E-state index is 0. The van der Waals surface area contributed by atoms with Crippen LogP contribution in [0.25, 0.3) is 11.3 Å². The van der Waals surface area contributed by atoms with Gasteiger partial charge in [0, 0.05) is 20.6 Å². The van der Waals surface area contributed by atoms with Crippen LogP contribution in [0.15, 0.2) is 65.8 Å². The molecule has 172 valence electrons. The van der Waals surface area contributed by atoms with Gasteiger partial charge < -0.3 is 15.2 Å². The summed E-state index contributed by atoms with van der Waals surface area (Å²) in [6, 6.07) is 17.6. The molecule has 0 spiro atoms. The fraction of sp³-hybridized carbons (Fsp3) is 0.273. The van der Waals surface area contributed by atoms with Crippen molar-refractivity contribution in [1.82, 2.24) is 24.9 Å². The zero-order chi connectivity index (χ0) is 22.3. The number of aromatic amines is 1. The summed E-state index contributed by atoms with van der Waals surface area (Å²) in [6.07, 6.45) is 1.83. The first-order chi connectivity index (χ1) is 14.9. The lowest BCUT2D eigenvalue weighted by Crippen LogP contribution is -2.38. The van der Waals surface area contributed by atoms with Crippen molar-refractivity contribution in [2.75, 3.05) is 21.1 Å². The first-order valence-electron chi connectivity index (χ1n) is 9.90. The van der Waals surface area contributed by atoms with Gasteiger partial charge in [0.15, 0.2) is 5.96 Å². The Balaban J connectivity index is 0.00000363. The average molecular weight is 568 g/mol. The number of guanidine groups is 1. The number of rotatable bonds is 8. The van der Waals surface area contributed by atoms with Crippen LogP contribution in [0.5, 0.6) is 0 Å². The van der Waals surface area contributed by atoms with Gasteiger partial charge in [0.1, 0.15) is 5.82 Å². The Kier molecular flexibility index (Phi) is 9.66. The predicted molar refractivity (Wildman–Crippen MR) is 139 cm³/mol. The van der Waals surface area contributed by atoms with E-state index < -0.39 is 10.0 Å². The predicted octanol–water partition coefficient (Wildman–Crippen LogP) is 2.95. The van der Waals surface area contributed by atoms with E-state index in [2.05, 4.69) is 25.0 Å². The van der Waals surface area contributed by atoms with Crippen molar-refractivity contribution in [2.45, 2.75) is 18.8 Å². The Morgan fingerprint density at radius 1 is 1.12 bits per heavy atom. The summed E-state index contributed by atoms with van der Waals surface area (Å²) in [6.45, 7) is 1.09. The van der Waals surface area contributed by atoms with E-state index in [0.717, 1.165) is 28.2 Å². The SMILES string of the molecule is CN=C(NCc1cccc(CS(=O)(=O)NC)c1)N(C)Cc1ncc(-c2ccccc2)[nH]1.I. The second kappa shape index (κ2) is 12.0. The Labute approximate surface area is 206 Å². The van der Waals surface area contributed by atoms with Crippen LogP contribution in [0, 0.1) is 0 Å². The summed E-state index contributed by atoms with van der Waals surface area (Å²) in [7, 11) is 1.78. The third-order valence-electron chi connectivity index (χ3n) is 4.78. The quantitative estimate of drug-likeness (QED) is 0.220. The van der Waals surface area contributed by atoms with Gasteiger partial charge in [-0.3, -0.25) is 4.99 Å². The highest BCUT2D eigenvalue weighted by Gasteiger charge is 2.11. The summed E-state index contributed by atoms with van der Waals surface area (Å²) >= 11 is 0. The smallest absolute Gasteiger partial charge is 0.215 e. The van der Waals surface area contributed by atoms with E-state index >= 15 is 0 Å². The molecule has 0 fully saturated rings. The standard InChI is InChI=1S/C22H28N6O2S.HI/c1-23-22(26-13-17-8-7-9-18(12-17)16-31(29,30)24-2)28(3)15-21-25-14-20(27-21)19-10-5-4-6-11-19;/h4-12,14,24H,13,15-16H2,1-3H3,(H,23,26)(H,25,27);1H. The third kappa shape index (κ3) is 7.31. The number of halogens is 1. The van der Waals surface area contributed by atoms with Gasteiger partial charge in [-0.05, 0) is 23.7 Å². The molecule has 1 aromatic heterocycles. The molecular formula is C22H29IN6O2S. The van der Waals surface area contributed by atoms with E-state index in [1.807, 2.05) is 66.7 Å². The molecule has 0 unspecified atom stereocenters. The molecule has 3 rings (SSSR count). The first-order valence-corrected chi connectivity index (χ1v) is 11.6. The number of nitrogens with zero attached hydrogens (tertiary/aromatic N) is 3. The fourth-order valence-electron chi connectivity index (χ4n) is 3.19. The van der Waals surface area contributed by atoms with Gasteiger partial charge in [-0.25, -0.2) is 18.1 Å². The fourth-order valence-corrected chi connectivity index (χ4v) is 3.96. The van der Waals surface area contributed by atoms with Crippen LogP contribution in [-0.4, -0.2) is 50.4 Å². The summed E-state index contributed by atoms with van der Waals surface area (Å²) in [5, 5.41) is 3.32. The van der Waals surface area contributed by atoms with Gasteiger partial charge in [0.25, 0.3) is 0 Å². The molecule has 3 N–H and O–H groups in total. The number of hydrogen-bond donors (Lipinski definition) is 3. The van der Waals surface area contributed by atoms with Gasteiger partial charge in [-0.2, -0.15) is 0 Å². The molecule has 0 aliphatic carbocycles. The Morgan fingerprint density at radius 2 is 1.84 bits per heavy atom. The van der Waals surface area contributed by atoms with Gasteiger partial charge in [0.05, 0.1) is 24.2 Å². The van der Waals surface area contributed by atoms with E-state index in [0.29, 0.717) is 19.0 Å². The van der Waals surface area contributed by atoms with Crippen LogP contribution in [-0.2, 0) is 28.9 Å².